The Labute approximate surface area is 78.7 Å². The molecule has 0 bridgehead atoms. The molecule has 5 heteroatoms. The third-order valence-corrected chi connectivity index (χ3v) is 2.08. The minimum absolute atomic E-state index is 0. The zero-order chi connectivity index (χ0) is 5.98. The van der Waals surface area contributed by atoms with Crippen LogP contribution in [0.4, 0.5) is 0 Å². The van der Waals surface area contributed by atoms with Gasteiger partial charge in [0.2, 0.25) is 0 Å². The fraction of sp³-hybridized carbons (Fsp3) is 1.00. The average molecular weight is 158 g/mol. The molecule has 0 N–H and O–H groups in total. The molecule has 1 aliphatic rings. The van der Waals surface area contributed by atoms with Crippen molar-refractivity contribution in [2.75, 3.05) is 13.2 Å². The van der Waals surface area contributed by atoms with E-state index in [0.717, 1.165) is 0 Å². The van der Waals surface area contributed by atoms with Crippen LogP contribution >= 0.6 is 0 Å². The van der Waals surface area contributed by atoms with Crippen molar-refractivity contribution in [2.24, 2.45) is 0 Å². The first-order chi connectivity index (χ1) is 3.80. The van der Waals surface area contributed by atoms with E-state index in [-0.39, 0.29) is 34.8 Å². The molecule has 0 radical (unpaired) electrons. The predicted octanol–water partition coefficient (Wildman–Crippen LogP) is -3.34. The molecule has 1 unspecified atom stereocenters. The molecule has 0 amide bonds. The largest absolute Gasteiger partial charge is 1.00 e. The van der Waals surface area contributed by atoms with E-state index in [1.807, 2.05) is 0 Å². The van der Waals surface area contributed by atoms with Crippen molar-refractivity contribution in [3.8, 4) is 0 Å². The first-order valence-electron chi connectivity index (χ1n) is 2.46. The number of hydrogen-bond acceptors (Lipinski definition) is 3. The zero-order valence-electron chi connectivity index (χ0n) is 5.33. The second-order valence-electron chi connectivity index (χ2n) is 1.75. The van der Waals surface area contributed by atoms with Gasteiger partial charge in [-0.3, -0.25) is 4.21 Å². The van der Waals surface area contributed by atoms with E-state index < -0.39 is 11.1 Å². The van der Waals surface area contributed by atoms with Crippen LogP contribution in [0.5, 0.6) is 0 Å². The first kappa shape index (κ1) is 10.1. The Morgan fingerprint density at radius 1 is 1.67 bits per heavy atom. The molecule has 48 valence electrons. The van der Waals surface area contributed by atoms with Gasteiger partial charge in [-0.25, -0.2) is 0 Å². The molecule has 0 aromatic heterocycles. The van der Waals surface area contributed by atoms with Gasteiger partial charge in [0.25, 0.3) is 0 Å². The minimum atomic E-state index is -1.92. The molecule has 0 spiro atoms. The second-order valence-corrected chi connectivity index (χ2v) is 2.93. The molecule has 0 aliphatic carbocycles. The Morgan fingerprint density at radius 2 is 2.33 bits per heavy atom. The number of rotatable bonds is 1. The summed E-state index contributed by atoms with van der Waals surface area (Å²) in [7, 11) is 0. The normalized spacial score (nSPS) is 29.2. The van der Waals surface area contributed by atoms with Crippen molar-refractivity contribution < 1.29 is 43.1 Å². The van der Waals surface area contributed by atoms with Crippen LogP contribution in [0.2, 0.25) is 0 Å². The summed E-state index contributed by atoms with van der Waals surface area (Å²) in [5.41, 5.74) is 0. The van der Waals surface area contributed by atoms with E-state index in [2.05, 4.69) is 0 Å². The molecule has 1 rings (SSSR count). The van der Waals surface area contributed by atoms with Gasteiger partial charge in [-0.2, -0.15) is 0 Å². The maximum atomic E-state index is 10.1. The minimum Gasteiger partial charge on any atom is -0.772 e. The van der Waals surface area contributed by atoms with E-state index in [9.17, 15) is 8.76 Å². The zero-order valence-corrected chi connectivity index (χ0v) is 8.15. The van der Waals surface area contributed by atoms with Gasteiger partial charge in [0.1, 0.15) is 0 Å². The van der Waals surface area contributed by atoms with Crippen molar-refractivity contribution in [3.63, 3.8) is 0 Å². The van der Waals surface area contributed by atoms with Gasteiger partial charge in [0.05, 0.1) is 6.61 Å². The van der Waals surface area contributed by atoms with E-state index in [1.54, 1.807) is 0 Å². The fourth-order valence-corrected chi connectivity index (χ4v) is 1.16. The standard InChI is InChI=1S/C4H8O3S.Na/c5-8(6)4-1-2-7-3-4;/h4H,1-3H2,(H,5,6);/q;+1/p-1/t4-;/m1./s1. The van der Waals surface area contributed by atoms with Gasteiger partial charge in [0, 0.05) is 11.9 Å². The Hall–Kier alpha value is 1.07. The van der Waals surface area contributed by atoms with Crippen LogP contribution < -0.4 is 29.6 Å². The monoisotopic (exact) mass is 158 g/mol. The summed E-state index contributed by atoms with van der Waals surface area (Å²) >= 11 is -1.92. The molecule has 0 saturated carbocycles. The van der Waals surface area contributed by atoms with Gasteiger partial charge in [-0.1, -0.05) is 0 Å². The number of hydrogen-bond donors (Lipinski definition) is 0. The second kappa shape index (κ2) is 4.82. The van der Waals surface area contributed by atoms with Crippen LogP contribution in [0.1, 0.15) is 6.42 Å². The van der Waals surface area contributed by atoms with Crippen molar-refractivity contribution in [2.45, 2.75) is 11.7 Å². The van der Waals surface area contributed by atoms with Crippen molar-refractivity contribution >= 4 is 11.1 Å². The molecule has 3 nitrogen and oxygen atoms in total. The van der Waals surface area contributed by atoms with Crippen LogP contribution in [0.25, 0.3) is 0 Å². The van der Waals surface area contributed by atoms with Crippen molar-refractivity contribution in [1.82, 2.24) is 0 Å². The van der Waals surface area contributed by atoms with Crippen LogP contribution in [-0.2, 0) is 15.8 Å². The molecule has 0 aromatic rings. The molecule has 2 atom stereocenters. The molecule has 9 heavy (non-hydrogen) atoms. The first-order valence-corrected chi connectivity index (χ1v) is 3.60. The third-order valence-electron chi connectivity index (χ3n) is 1.16. The van der Waals surface area contributed by atoms with E-state index in [0.29, 0.717) is 19.6 Å². The molecule has 1 fully saturated rings. The van der Waals surface area contributed by atoms with Crippen LogP contribution in [0.15, 0.2) is 0 Å². The van der Waals surface area contributed by atoms with Gasteiger partial charge >= 0.3 is 29.6 Å². The molecule has 1 heterocycles. The van der Waals surface area contributed by atoms with E-state index >= 15 is 0 Å². The fourth-order valence-electron chi connectivity index (χ4n) is 0.665. The Morgan fingerprint density at radius 3 is 2.56 bits per heavy atom. The SMILES string of the molecule is O=S([O-])[C@@H]1CCOC1.[Na+]. The third kappa shape index (κ3) is 3.11. The van der Waals surface area contributed by atoms with Crippen molar-refractivity contribution in [1.29, 1.82) is 0 Å². The van der Waals surface area contributed by atoms with Crippen LogP contribution in [0, 0.1) is 0 Å². The molecule has 1 saturated heterocycles. The summed E-state index contributed by atoms with van der Waals surface area (Å²) in [6.45, 7) is 0.981. The van der Waals surface area contributed by atoms with Gasteiger partial charge in [-0.15, -0.1) is 0 Å². The smallest absolute Gasteiger partial charge is 0.772 e. The van der Waals surface area contributed by atoms with Crippen molar-refractivity contribution in [3.05, 3.63) is 0 Å². The van der Waals surface area contributed by atoms with Gasteiger partial charge < -0.3 is 9.29 Å². The summed E-state index contributed by atoms with van der Waals surface area (Å²) in [5, 5.41) is -0.241. The molecular weight excluding hydrogens is 151 g/mol. The Balaban J connectivity index is 0.000000640. The summed E-state index contributed by atoms with van der Waals surface area (Å²) in [4.78, 5) is 0. The average Bonchev–Trinajstić information content (AvgIpc) is 2.12. The summed E-state index contributed by atoms with van der Waals surface area (Å²) in [5.74, 6) is 0. The summed E-state index contributed by atoms with van der Waals surface area (Å²) in [6.07, 6.45) is 0.663. The van der Waals surface area contributed by atoms with Gasteiger partial charge in [-0.05, 0) is 17.5 Å². The quantitative estimate of drug-likeness (QED) is 0.296. The summed E-state index contributed by atoms with van der Waals surface area (Å²) < 4.78 is 25.1. The maximum absolute atomic E-state index is 10.1. The molecule has 0 aromatic carbocycles. The Kier molecular flexibility index (Phi) is 5.39. The van der Waals surface area contributed by atoms with E-state index in [4.69, 9.17) is 4.74 Å². The van der Waals surface area contributed by atoms with Crippen LogP contribution in [0.3, 0.4) is 0 Å². The molecular formula is C4H7NaO3S. The van der Waals surface area contributed by atoms with E-state index in [1.165, 1.54) is 0 Å². The topological polar surface area (TPSA) is 49.4 Å². The summed E-state index contributed by atoms with van der Waals surface area (Å²) in [6, 6.07) is 0. The Bertz CT molecular complexity index is 102. The maximum Gasteiger partial charge on any atom is 1.00 e. The predicted molar refractivity (Wildman–Crippen MR) is 28.1 cm³/mol. The number of ether oxygens (including phenoxy) is 1. The molecule has 1 aliphatic heterocycles. The van der Waals surface area contributed by atoms with Gasteiger partial charge in [0.15, 0.2) is 0 Å². The van der Waals surface area contributed by atoms with Crippen LogP contribution in [-0.4, -0.2) is 27.2 Å².